The van der Waals surface area contributed by atoms with Crippen LogP contribution < -0.4 is 4.74 Å². The number of ketones is 1. The van der Waals surface area contributed by atoms with Gasteiger partial charge in [-0.2, -0.15) is 0 Å². The lowest BCUT2D eigenvalue weighted by Gasteiger charge is -2.43. The summed E-state index contributed by atoms with van der Waals surface area (Å²) in [5, 5.41) is 10.7. The predicted octanol–water partition coefficient (Wildman–Crippen LogP) is 9.34. The molecule has 2 aromatic rings. The second-order valence-electron chi connectivity index (χ2n) is 13.2. The topological polar surface area (TPSA) is 59.4 Å². The Kier molecular flexibility index (Phi) is 11.0. The minimum absolute atomic E-state index is 0.0767. The summed E-state index contributed by atoms with van der Waals surface area (Å²) >= 11 is 0. The zero-order valence-corrected chi connectivity index (χ0v) is 25.9. The van der Waals surface area contributed by atoms with Gasteiger partial charge in [-0.05, 0) is 93.5 Å². The van der Waals surface area contributed by atoms with Crippen molar-refractivity contribution in [3.05, 3.63) is 52.3 Å². The van der Waals surface area contributed by atoms with Crippen molar-refractivity contribution >= 4 is 5.78 Å². The summed E-state index contributed by atoms with van der Waals surface area (Å²) < 4.78 is 6.82. The molecule has 216 valence electrons. The van der Waals surface area contributed by atoms with Crippen molar-refractivity contribution in [2.24, 2.45) is 23.7 Å². The van der Waals surface area contributed by atoms with Gasteiger partial charge in [0.1, 0.15) is 17.1 Å². The molecule has 3 rings (SSSR count). The van der Waals surface area contributed by atoms with Crippen LogP contribution in [0.25, 0.3) is 0 Å². The van der Waals surface area contributed by atoms with E-state index in [4.69, 9.17) is 4.74 Å². The maximum Gasteiger partial charge on any atom is 0.171 e. The number of phenols is 1. The van der Waals surface area contributed by atoms with Gasteiger partial charge in [0.15, 0.2) is 5.78 Å². The fourth-order valence-electron chi connectivity index (χ4n) is 6.36. The van der Waals surface area contributed by atoms with E-state index in [9.17, 15) is 9.90 Å². The first-order valence-corrected chi connectivity index (χ1v) is 15.4. The summed E-state index contributed by atoms with van der Waals surface area (Å²) in [7, 11) is 0. The van der Waals surface area contributed by atoms with E-state index >= 15 is 0 Å². The zero-order chi connectivity index (χ0) is 28.7. The first kappa shape index (κ1) is 31.2. The highest BCUT2D eigenvalue weighted by Crippen LogP contribution is 2.47. The molecule has 0 amide bonds. The van der Waals surface area contributed by atoms with Crippen LogP contribution >= 0.6 is 0 Å². The van der Waals surface area contributed by atoms with Crippen molar-refractivity contribution in [2.75, 3.05) is 0 Å². The van der Waals surface area contributed by atoms with E-state index in [1.165, 1.54) is 38.5 Å². The third-order valence-corrected chi connectivity index (χ3v) is 9.33. The summed E-state index contributed by atoms with van der Waals surface area (Å²) in [6.45, 7) is 17.4. The molecule has 4 atom stereocenters. The molecule has 1 aromatic carbocycles. The van der Waals surface area contributed by atoms with Crippen LogP contribution in [0, 0.1) is 44.4 Å². The normalized spacial score (nSPS) is 20.4. The van der Waals surface area contributed by atoms with Gasteiger partial charge < -0.3 is 9.84 Å². The number of benzene rings is 1. The fourth-order valence-corrected chi connectivity index (χ4v) is 6.36. The Morgan fingerprint density at radius 1 is 0.974 bits per heavy atom. The summed E-state index contributed by atoms with van der Waals surface area (Å²) in [5.74, 6) is 3.23. The summed E-state index contributed by atoms with van der Waals surface area (Å²) in [6, 6.07) is 3.67. The molecule has 39 heavy (non-hydrogen) atoms. The molecule has 4 heteroatoms. The Bertz CT molecular complexity index is 1090. The van der Waals surface area contributed by atoms with Crippen LogP contribution in [0.15, 0.2) is 24.5 Å². The number of aromatic hydroxyl groups is 1. The molecular weight excluding hydrogens is 482 g/mol. The molecule has 0 fully saturated rings. The Morgan fingerprint density at radius 2 is 1.59 bits per heavy atom. The molecule has 0 saturated carbocycles. The van der Waals surface area contributed by atoms with Crippen LogP contribution in [-0.4, -0.2) is 21.5 Å². The van der Waals surface area contributed by atoms with Crippen LogP contribution in [0.2, 0.25) is 0 Å². The summed E-state index contributed by atoms with van der Waals surface area (Å²) in [4.78, 5) is 18.0. The van der Waals surface area contributed by atoms with Crippen molar-refractivity contribution in [1.29, 1.82) is 0 Å². The third kappa shape index (κ3) is 7.86. The van der Waals surface area contributed by atoms with Gasteiger partial charge in [-0.25, -0.2) is 0 Å². The second-order valence-corrected chi connectivity index (χ2v) is 13.2. The lowest BCUT2D eigenvalue weighted by molar-refractivity contribution is 0.00366. The molecule has 0 spiro atoms. The smallest absolute Gasteiger partial charge is 0.171 e. The van der Waals surface area contributed by atoms with Crippen molar-refractivity contribution in [3.8, 4) is 11.5 Å². The van der Waals surface area contributed by atoms with E-state index in [1.807, 2.05) is 32.9 Å². The standard InChI is InChI=1S/C35H53NO3/c1-23(2)13-9-14-24(3)15-10-16-25(4)17-11-19-35(8)31(33(38)29-18-12-20-36-22-29)21-30-28(7)32(37)26(5)27(6)34(30)39-35/h12,18,20,22-25,31,37H,9-11,13-17,19,21H2,1-8H3/t24-,25+,31?,35-/m0/s1. The van der Waals surface area contributed by atoms with Gasteiger partial charge in [-0.15, -0.1) is 0 Å². The Morgan fingerprint density at radius 3 is 2.18 bits per heavy atom. The number of rotatable bonds is 14. The third-order valence-electron chi connectivity index (χ3n) is 9.33. The van der Waals surface area contributed by atoms with Crippen LogP contribution in [0.5, 0.6) is 11.5 Å². The minimum atomic E-state index is -0.606. The lowest BCUT2D eigenvalue weighted by Crippen LogP contribution is -2.49. The van der Waals surface area contributed by atoms with E-state index in [0.29, 0.717) is 23.7 Å². The number of carbonyl (C=O) groups excluding carboxylic acids is 1. The molecule has 1 aliphatic rings. The number of fused-ring (bicyclic) bond motifs is 1. The zero-order valence-electron chi connectivity index (χ0n) is 25.9. The fraction of sp³-hybridized carbons (Fsp3) is 0.657. The largest absolute Gasteiger partial charge is 0.507 e. The van der Waals surface area contributed by atoms with Crippen molar-refractivity contribution < 1.29 is 14.6 Å². The molecule has 0 bridgehead atoms. The summed E-state index contributed by atoms with van der Waals surface area (Å²) in [6.07, 6.45) is 14.9. The average molecular weight is 536 g/mol. The monoisotopic (exact) mass is 535 g/mol. The SMILES string of the molecule is Cc1c(C)c2c(c(C)c1O)CC(C(=O)c1cccnc1)[C@](C)(CCC[C@H](C)CCC[C@@H](C)CCCC(C)C)O2. The van der Waals surface area contributed by atoms with Gasteiger partial charge in [0, 0.05) is 23.5 Å². The molecular formula is C35H53NO3. The molecule has 0 radical (unpaired) electrons. The number of ether oxygens (including phenoxy) is 1. The maximum atomic E-state index is 13.8. The van der Waals surface area contributed by atoms with E-state index in [1.54, 1.807) is 12.4 Å². The maximum absolute atomic E-state index is 13.8. The van der Waals surface area contributed by atoms with E-state index in [-0.39, 0.29) is 11.7 Å². The molecule has 0 aliphatic carbocycles. The first-order valence-electron chi connectivity index (χ1n) is 15.4. The minimum Gasteiger partial charge on any atom is -0.507 e. The highest BCUT2D eigenvalue weighted by molar-refractivity contribution is 5.98. The number of aromatic nitrogens is 1. The van der Waals surface area contributed by atoms with Gasteiger partial charge in [0.2, 0.25) is 0 Å². The number of pyridine rings is 1. The molecule has 4 nitrogen and oxygen atoms in total. The average Bonchev–Trinajstić information content (AvgIpc) is 2.90. The second kappa shape index (κ2) is 13.8. The highest BCUT2D eigenvalue weighted by Gasteiger charge is 2.46. The number of Topliss-reactive ketones (excluding diaryl/α,β-unsaturated/α-hetero) is 1. The highest BCUT2D eigenvalue weighted by atomic mass is 16.5. The van der Waals surface area contributed by atoms with Crippen LogP contribution in [0.3, 0.4) is 0 Å². The van der Waals surface area contributed by atoms with Gasteiger partial charge in [0.25, 0.3) is 0 Å². The van der Waals surface area contributed by atoms with Crippen molar-refractivity contribution in [1.82, 2.24) is 4.98 Å². The van der Waals surface area contributed by atoms with Crippen LogP contribution in [-0.2, 0) is 6.42 Å². The number of phenolic OH excluding ortho intramolecular Hbond substituents is 1. The van der Waals surface area contributed by atoms with Gasteiger partial charge in [-0.3, -0.25) is 9.78 Å². The molecule has 1 aliphatic heterocycles. The van der Waals surface area contributed by atoms with Crippen molar-refractivity contribution in [3.63, 3.8) is 0 Å². The van der Waals surface area contributed by atoms with Crippen LogP contribution in [0.4, 0.5) is 0 Å². The quantitative estimate of drug-likeness (QED) is 0.245. The van der Waals surface area contributed by atoms with Crippen molar-refractivity contribution in [2.45, 2.75) is 125 Å². The van der Waals surface area contributed by atoms with E-state index in [0.717, 1.165) is 59.1 Å². The number of nitrogens with zero attached hydrogens (tertiary/aromatic N) is 1. The Balaban J connectivity index is 1.67. The van der Waals surface area contributed by atoms with Crippen LogP contribution in [0.1, 0.15) is 125 Å². The predicted molar refractivity (Wildman–Crippen MR) is 162 cm³/mol. The van der Waals surface area contributed by atoms with Gasteiger partial charge in [0.05, 0.1) is 5.92 Å². The van der Waals surface area contributed by atoms with Gasteiger partial charge >= 0.3 is 0 Å². The summed E-state index contributed by atoms with van der Waals surface area (Å²) in [5.41, 5.74) is 3.64. The number of hydrogen-bond donors (Lipinski definition) is 1. The lowest BCUT2D eigenvalue weighted by atomic mass is 9.73. The van der Waals surface area contributed by atoms with E-state index in [2.05, 4.69) is 39.6 Å². The molecule has 1 unspecified atom stereocenters. The Hall–Kier alpha value is -2.36. The van der Waals surface area contributed by atoms with E-state index < -0.39 is 5.60 Å². The Labute approximate surface area is 238 Å². The molecule has 2 heterocycles. The first-order chi connectivity index (χ1) is 18.4. The molecule has 1 aromatic heterocycles. The molecule has 0 saturated heterocycles. The number of hydrogen-bond acceptors (Lipinski definition) is 4. The van der Waals surface area contributed by atoms with Gasteiger partial charge in [-0.1, -0.05) is 72.6 Å². The number of carbonyl (C=O) groups is 1. The molecule has 1 N–H and O–H groups in total.